The summed E-state index contributed by atoms with van der Waals surface area (Å²) in [4.78, 5) is 18.6. The van der Waals surface area contributed by atoms with Crippen LogP contribution >= 0.6 is 0 Å². The number of nitrogens with one attached hydrogen (secondary N) is 2. The fourth-order valence-electron chi connectivity index (χ4n) is 2.42. The molecule has 20 heavy (non-hydrogen) atoms. The van der Waals surface area contributed by atoms with Crippen molar-refractivity contribution in [1.29, 1.82) is 0 Å². The van der Waals surface area contributed by atoms with Gasteiger partial charge in [0, 0.05) is 57.9 Å². The Morgan fingerprint density at radius 3 is 3.05 bits per heavy atom. The number of nitrogens with zero attached hydrogens (tertiary/aromatic N) is 3. The predicted molar refractivity (Wildman–Crippen MR) is 76.8 cm³/mol. The van der Waals surface area contributed by atoms with Gasteiger partial charge in [0.1, 0.15) is 5.65 Å². The Bertz CT molecular complexity index is 588. The van der Waals surface area contributed by atoms with E-state index in [1.807, 2.05) is 28.9 Å². The molecule has 0 unspecified atom stereocenters. The van der Waals surface area contributed by atoms with Gasteiger partial charge in [0.25, 0.3) is 5.91 Å². The summed E-state index contributed by atoms with van der Waals surface area (Å²) in [7, 11) is 0. The van der Waals surface area contributed by atoms with Crippen molar-refractivity contribution in [3.8, 4) is 0 Å². The number of fused-ring (bicyclic) bond motifs is 1. The average Bonchev–Trinajstić information content (AvgIpc) is 2.95. The van der Waals surface area contributed by atoms with E-state index in [-0.39, 0.29) is 5.91 Å². The van der Waals surface area contributed by atoms with Crippen molar-refractivity contribution in [3.63, 3.8) is 0 Å². The van der Waals surface area contributed by atoms with E-state index in [9.17, 15) is 4.79 Å². The largest absolute Gasteiger partial charge is 0.351 e. The lowest BCUT2D eigenvalue weighted by molar-refractivity contribution is 0.0947. The van der Waals surface area contributed by atoms with Crippen LogP contribution in [0.25, 0.3) is 5.65 Å². The van der Waals surface area contributed by atoms with Crippen molar-refractivity contribution < 1.29 is 4.79 Å². The van der Waals surface area contributed by atoms with Gasteiger partial charge in [-0.3, -0.25) is 9.69 Å². The van der Waals surface area contributed by atoms with Crippen LogP contribution in [0.5, 0.6) is 0 Å². The molecule has 0 atom stereocenters. The zero-order chi connectivity index (χ0) is 13.8. The third kappa shape index (κ3) is 2.97. The third-order valence-corrected chi connectivity index (χ3v) is 3.57. The first-order valence-corrected chi connectivity index (χ1v) is 6.97. The number of pyridine rings is 1. The lowest BCUT2D eigenvalue weighted by atomic mass is 10.2. The smallest absolute Gasteiger partial charge is 0.252 e. The first kappa shape index (κ1) is 13.1. The molecular weight excluding hydrogens is 254 g/mol. The zero-order valence-corrected chi connectivity index (χ0v) is 11.4. The van der Waals surface area contributed by atoms with E-state index in [0.717, 1.165) is 38.4 Å². The van der Waals surface area contributed by atoms with Crippen molar-refractivity contribution in [1.82, 2.24) is 24.9 Å². The molecule has 2 N–H and O–H groups in total. The Morgan fingerprint density at radius 2 is 2.20 bits per heavy atom. The van der Waals surface area contributed by atoms with Crippen LogP contribution < -0.4 is 10.6 Å². The zero-order valence-electron chi connectivity index (χ0n) is 11.4. The fourth-order valence-corrected chi connectivity index (χ4v) is 2.42. The van der Waals surface area contributed by atoms with Gasteiger partial charge in [-0.2, -0.15) is 0 Å². The van der Waals surface area contributed by atoms with Crippen molar-refractivity contribution in [3.05, 3.63) is 36.3 Å². The number of amides is 1. The normalized spacial score (nSPS) is 16.4. The number of carbonyl (C=O) groups excluding carboxylic acids is 1. The second-order valence-electron chi connectivity index (χ2n) is 4.96. The number of hydrogen-bond acceptors (Lipinski definition) is 4. The molecule has 1 amide bonds. The number of imidazole rings is 1. The topological polar surface area (TPSA) is 61.7 Å². The monoisotopic (exact) mass is 273 g/mol. The number of rotatable bonds is 4. The Balaban J connectivity index is 1.53. The van der Waals surface area contributed by atoms with E-state index in [1.165, 1.54) is 0 Å². The first-order valence-electron chi connectivity index (χ1n) is 6.97. The lowest BCUT2D eigenvalue weighted by Crippen LogP contribution is -2.46. The molecule has 3 heterocycles. The fraction of sp³-hybridized carbons (Fsp3) is 0.429. The van der Waals surface area contributed by atoms with E-state index in [2.05, 4.69) is 20.5 Å². The van der Waals surface area contributed by atoms with Gasteiger partial charge in [0.2, 0.25) is 0 Å². The standard InChI is InChI=1S/C14H19N5O/c20-14(17-5-9-18-7-3-15-4-8-18)12-1-2-13-16-6-10-19(13)11-12/h1-2,6,10-11,15H,3-5,7-9H2,(H,17,20). The van der Waals surface area contributed by atoms with Crippen LogP contribution in [0.2, 0.25) is 0 Å². The average molecular weight is 273 g/mol. The summed E-state index contributed by atoms with van der Waals surface area (Å²) in [5.41, 5.74) is 1.51. The van der Waals surface area contributed by atoms with Crippen LogP contribution in [0, 0.1) is 0 Å². The van der Waals surface area contributed by atoms with Crippen molar-refractivity contribution in [2.75, 3.05) is 39.3 Å². The molecule has 0 aliphatic carbocycles. The molecule has 2 aromatic heterocycles. The molecule has 0 spiro atoms. The maximum Gasteiger partial charge on any atom is 0.252 e. The highest BCUT2D eigenvalue weighted by Crippen LogP contribution is 2.04. The molecule has 6 heteroatoms. The van der Waals surface area contributed by atoms with Crippen LogP contribution in [0.1, 0.15) is 10.4 Å². The molecule has 1 aliphatic rings. The number of carbonyl (C=O) groups is 1. The highest BCUT2D eigenvalue weighted by atomic mass is 16.1. The minimum absolute atomic E-state index is 0.0317. The molecule has 0 radical (unpaired) electrons. The summed E-state index contributed by atoms with van der Waals surface area (Å²) in [6.07, 6.45) is 5.37. The van der Waals surface area contributed by atoms with E-state index in [1.54, 1.807) is 6.20 Å². The van der Waals surface area contributed by atoms with Gasteiger partial charge in [-0.05, 0) is 12.1 Å². The molecular formula is C14H19N5O. The van der Waals surface area contributed by atoms with Crippen molar-refractivity contribution in [2.24, 2.45) is 0 Å². The summed E-state index contributed by atoms with van der Waals surface area (Å²) in [6, 6.07) is 3.66. The van der Waals surface area contributed by atoms with Crippen LogP contribution in [0.4, 0.5) is 0 Å². The minimum Gasteiger partial charge on any atom is -0.351 e. The summed E-state index contributed by atoms with van der Waals surface area (Å²) >= 11 is 0. The predicted octanol–water partition coefficient (Wildman–Crippen LogP) is -0.0307. The number of hydrogen-bond donors (Lipinski definition) is 2. The van der Waals surface area contributed by atoms with Crippen LogP contribution in [-0.4, -0.2) is 59.5 Å². The summed E-state index contributed by atoms with van der Waals surface area (Å²) in [5.74, 6) is -0.0317. The number of piperazine rings is 1. The van der Waals surface area contributed by atoms with Gasteiger partial charge < -0.3 is 15.0 Å². The van der Waals surface area contributed by atoms with Gasteiger partial charge in [-0.1, -0.05) is 0 Å². The molecule has 106 valence electrons. The third-order valence-electron chi connectivity index (χ3n) is 3.57. The van der Waals surface area contributed by atoms with E-state index < -0.39 is 0 Å². The van der Waals surface area contributed by atoms with Crippen LogP contribution in [0.15, 0.2) is 30.7 Å². The van der Waals surface area contributed by atoms with E-state index in [4.69, 9.17) is 0 Å². The highest BCUT2D eigenvalue weighted by Gasteiger charge is 2.10. The Hall–Kier alpha value is -1.92. The molecule has 3 rings (SSSR count). The molecule has 1 saturated heterocycles. The van der Waals surface area contributed by atoms with Crippen LogP contribution in [-0.2, 0) is 0 Å². The minimum atomic E-state index is -0.0317. The van der Waals surface area contributed by atoms with Gasteiger partial charge in [0.15, 0.2) is 0 Å². The quantitative estimate of drug-likeness (QED) is 0.821. The molecule has 0 aromatic carbocycles. The molecule has 2 aromatic rings. The first-order chi connectivity index (χ1) is 9.83. The number of aromatic nitrogens is 2. The molecule has 1 aliphatic heterocycles. The van der Waals surface area contributed by atoms with Crippen LogP contribution in [0.3, 0.4) is 0 Å². The van der Waals surface area contributed by atoms with Gasteiger partial charge in [0.05, 0.1) is 5.56 Å². The molecule has 0 saturated carbocycles. The maximum atomic E-state index is 12.1. The molecule has 1 fully saturated rings. The van der Waals surface area contributed by atoms with Crippen molar-refractivity contribution >= 4 is 11.6 Å². The van der Waals surface area contributed by atoms with Gasteiger partial charge >= 0.3 is 0 Å². The summed E-state index contributed by atoms with van der Waals surface area (Å²) < 4.78 is 1.85. The van der Waals surface area contributed by atoms with Gasteiger partial charge in [-0.15, -0.1) is 0 Å². The Labute approximate surface area is 117 Å². The second kappa shape index (κ2) is 6.02. The highest BCUT2D eigenvalue weighted by molar-refractivity contribution is 5.94. The summed E-state index contributed by atoms with van der Waals surface area (Å²) in [5, 5.41) is 6.28. The lowest BCUT2D eigenvalue weighted by Gasteiger charge is -2.27. The Morgan fingerprint density at radius 1 is 1.35 bits per heavy atom. The SMILES string of the molecule is O=C(NCCN1CCNCC1)c1ccc2nccn2c1. The molecule has 0 bridgehead atoms. The van der Waals surface area contributed by atoms with E-state index >= 15 is 0 Å². The maximum absolute atomic E-state index is 12.1. The molecule has 6 nitrogen and oxygen atoms in total. The summed E-state index contributed by atoms with van der Waals surface area (Å²) in [6.45, 7) is 5.76. The second-order valence-corrected chi connectivity index (χ2v) is 4.96. The van der Waals surface area contributed by atoms with E-state index in [0.29, 0.717) is 12.1 Å². The van der Waals surface area contributed by atoms with Gasteiger partial charge in [-0.25, -0.2) is 4.98 Å². The Kier molecular flexibility index (Phi) is 3.94. The van der Waals surface area contributed by atoms with Crippen molar-refractivity contribution in [2.45, 2.75) is 0 Å².